The van der Waals surface area contributed by atoms with Crippen molar-refractivity contribution in [2.24, 2.45) is 0 Å². The van der Waals surface area contributed by atoms with Gasteiger partial charge < -0.3 is 14.6 Å². The van der Waals surface area contributed by atoms with Gasteiger partial charge in [-0.3, -0.25) is 9.69 Å². The summed E-state index contributed by atoms with van der Waals surface area (Å²) in [5.41, 5.74) is 0.467. The third-order valence-corrected chi connectivity index (χ3v) is 4.33. The fraction of sp³-hybridized carbons (Fsp3) is 0.444. The first-order valence-electron chi connectivity index (χ1n) is 8.19. The molecule has 1 atom stereocenters. The van der Waals surface area contributed by atoms with E-state index < -0.39 is 0 Å². The molecular weight excluding hydrogens is 325 g/mol. The van der Waals surface area contributed by atoms with Crippen LogP contribution in [0.3, 0.4) is 0 Å². The number of hydrogen-bond acceptors (Lipinski definition) is 5. The molecule has 2 heterocycles. The molecule has 1 aliphatic heterocycles. The number of halogens is 1. The summed E-state index contributed by atoms with van der Waals surface area (Å²) in [5, 5.41) is 6.49. The maximum Gasteiger partial charge on any atom is 0.239 e. The van der Waals surface area contributed by atoms with Gasteiger partial charge in [0.2, 0.25) is 5.91 Å². The number of ether oxygens (including phenoxy) is 1. The zero-order valence-corrected chi connectivity index (χ0v) is 14.6. The zero-order valence-electron chi connectivity index (χ0n) is 14.6. The van der Waals surface area contributed by atoms with Gasteiger partial charge in [0.05, 0.1) is 19.3 Å². The summed E-state index contributed by atoms with van der Waals surface area (Å²) in [6, 6.07) is 8.04. The molecule has 25 heavy (non-hydrogen) atoms. The molecule has 1 aromatic carbocycles. The van der Waals surface area contributed by atoms with Crippen LogP contribution >= 0.6 is 0 Å². The summed E-state index contributed by atoms with van der Waals surface area (Å²) in [6.07, 6.45) is -0.272. The molecule has 1 unspecified atom stereocenters. The quantitative estimate of drug-likeness (QED) is 0.921. The average Bonchev–Trinajstić information content (AvgIpc) is 2.94. The highest BCUT2D eigenvalue weighted by atomic mass is 19.1. The molecule has 1 aromatic heterocycles. The second-order valence-electron chi connectivity index (χ2n) is 6.92. The lowest BCUT2D eigenvalue weighted by Gasteiger charge is -2.45. The van der Waals surface area contributed by atoms with Gasteiger partial charge >= 0.3 is 0 Å². The molecule has 1 N–H and O–H groups in total. The normalized spacial score (nSPS) is 20.4. The Bertz CT molecular complexity index is 760. The van der Waals surface area contributed by atoms with Crippen molar-refractivity contribution in [2.75, 3.05) is 25.0 Å². The molecule has 3 rings (SSSR count). The summed E-state index contributed by atoms with van der Waals surface area (Å²) in [6.45, 7) is 6.93. The van der Waals surface area contributed by atoms with Gasteiger partial charge in [-0.05, 0) is 38.5 Å². The SMILES string of the molecule is Cc1cc(NC(=O)CN2CC(c3cccc(F)c3)OCC2(C)C)no1. The summed E-state index contributed by atoms with van der Waals surface area (Å²) >= 11 is 0. The van der Waals surface area contributed by atoms with Crippen LogP contribution in [0, 0.1) is 12.7 Å². The smallest absolute Gasteiger partial charge is 0.239 e. The second-order valence-corrected chi connectivity index (χ2v) is 6.92. The highest BCUT2D eigenvalue weighted by Gasteiger charge is 2.36. The molecule has 1 fully saturated rings. The number of amides is 1. The second kappa shape index (κ2) is 6.93. The number of nitrogens with one attached hydrogen (secondary N) is 1. The summed E-state index contributed by atoms with van der Waals surface area (Å²) in [7, 11) is 0. The lowest BCUT2D eigenvalue weighted by Crippen LogP contribution is -2.55. The molecular formula is C18H22FN3O3. The number of rotatable bonds is 4. The monoisotopic (exact) mass is 347 g/mol. The number of anilines is 1. The maximum atomic E-state index is 13.5. The fourth-order valence-electron chi connectivity index (χ4n) is 2.86. The first-order valence-corrected chi connectivity index (χ1v) is 8.19. The van der Waals surface area contributed by atoms with Gasteiger partial charge in [-0.1, -0.05) is 17.3 Å². The van der Waals surface area contributed by atoms with Crippen molar-refractivity contribution < 1.29 is 18.4 Å². The molecule has 1 amide bonds. The average molecular weight is 347 g/mol. The van der Waals surface area contributed by atoms with Gasteiger partial charge in [-0.15, -0.1) is 0 Å². The van der Waals surface area contributed by atoms with E-state index in [-0.39, 0.29) is 29.9 Å². The Kier molecular flexibility index (Phi) is 4.87. The first-order chi connectivity index (χ1) is 11.8. The van der Waals surface area contributed by atoms with Crippen molar-refractivity contribution in [3.8, 4) is 0 Å². The van der Waals surface area contributed by atoms with E-state index >= 15 is 0 Å². The van der Waals surface area contributed by atoms with E-state index in [1.165, 1.54) is 12.1 Å². The van der Waals surface area contributed by atoms with Gasteiger partial charge in [-0.25, -0.2) is 4.39 Å². The van der Waals surface area contributed by atoms with Crippen molar-refractivity contribution in [2.45, 2.75) is 32.4 Å². The Morgan fingerprint density at radius 1 is 1.44 bits per heavy atom. The van der Waals surface area contributed by atoms with Crippen LogP contribution in [0.4, 0.5) is 10.2 Å². The maximum absolute atomic E-state index is 13.5. The predicted octanol–water partition coefficient (Wildman–Crippen LogP) is 2.91. The van der Waals surface area contributed by atoms with Crippen LogP contribution in [-0.2, 0) is 9.53 Å². The Balaban J connectivity index is 1.68. The molecule has 0 bridgehead atoms. The Hall–Kier alpha value is -2.25. The van der Waals surface area contributed by atoms with Crippen LogP contribution in [0.5, 0.6) is 0 Å². The summed E-state index contributed by atoms with van der Waals surface area (Å²) in [5.74, 6) is 0.557. The van der Waals surface area contributed by atoms with Crippen LogP contribution in [0.1, 0.15) is 31.3 Å². The Labute approximate surface area is 145 Å². The molecule has 7 heteroatoms. The molecule has 0 aliphatic carbocycles. The number of hydrogen-bond donors (Lipinski definition) is 1. The zero-order chi connectivity index (χ0) is 18.0. The van der Waals surface area contributed by atoms with Crippen LogP contribution in [0.15, 0.2) is 34.9 Å². The van der Waals surface area contributed by atoms with Crippen LogP contribution < -0.4 is 5.32 Å². The van der Waals surface area contributed by atoms with Crippen molar-refractivity contribution in [1.82, 2.24) is 10.1 Å². The Morgan fingerprint density at radius 3 is 2.92 bits per heavy atom. The van der Waals surface area contributed by atoms with E-state index in [2.05, 4.69) is 10.5 Å². The third-order valence-electron chi connectivity index (χ3n) is 4.33. The Morgan fingerprint density at radius 2 is 2.24 bits per heavy atom. The number of benzene rings is 1. The highest BCUT2D eigenvalue weighted by molar-refractivity contribution is 5.91. The summed E-state index contributed by atoms with van der Waals surface area (Å²) < 4.78 is 24.3. The predicted molar refractivity (Wildman–Crippen MR) is 90.6 cm³/mol. The molecule has 134 valence electrons. The molecule has 2 aromatic rings. The fourth-order valence-corrected chi connectivity index (χ4v) is 2.86. The van der Waals surface area contributed by atoms with Gasteiger partial charge in [0.1, 0.15) is 11.6 Å². The lowest BCUT2D eigenvalue weighted by atomic mass is 9.98. The number of carbonyl (C=O) groups is 1. The molecule has 6 nitrogen and oxygen atoms in total. The molecule has 1 aliphatic rings. The van der Waals surface area contributed by atoms with Crippen LogP contribution in [0.25, 0.3) is 0 Å². The molecule has 0 spiro atoms. The van der Waals surface area contributed by atoms with Crippen molar-refractivity contribution in [3.63, 3.8) is 0 Å². The molecule has 0 saturated carbocycles. The van der Waals surface area contributed by atoms with Crippen molar-refractivity contribution in [3.05, 3.63) is 47.5 Å². The van der Waals surface area contributed by atoms with Crippen LogP contribution in [0.2, 0.25) is 0 Å². The van der Waals surface area contributed by atoms with E-state index in [0.717, 1.165) is 5.56 Å². The van der Waals surface area contributed by atoms with Gasteiger partial charge in [0.15, 0.2) is 5.82 Å². The van der Waals surface area contributed by atoms with Crippen molar-refractivity contribution >= 4 is 11.7 Å². The largest absolute Gasteiger partial charge is 0.370 e. The van der Waals surface area contributed by atoms with Gasteiger partial charge in [0, 0.05) is 18.2 Å². The van der Waals surface area contributed by atoms with E-state index in [9.17, 15) is 9.18 Å². The highest BCUT2D eigenvalue weighted by Crippen LogP contribution is 2.30. The number of aromatic nitrogens is 1. The van der Waals surface area contributed by atoms with Gasteiger partial charge in [0.25, 0.3) is 0 Å². The lowest BCUT2D eigenvalue weighted by molar-refractivity contribution is -0.129. The molecule has 0 radical (unpaired) electrons. The van der Waals surface area contributed by atoms with Crippen LogP contribution in [-0.4, -0.2) is 41.2 Å². The first kappa shape index (κ1) is 17.6. The van der Waals surface area contributed by atoms with Gasteiger partial charge in [-0.2, -0.15) is 0 Å². The van der Waals surface area contributed by atoms with Crippen molar-refractivity contribution in [1.29, 1.82) is 0 Å². The minimum absolute atomic E-state index is 0.179. The minimum Gasteiger partial charge on any atom is -0.370 e. The summed E-state index contributed by atoms with van der Waals surface area (Å²) in [4.78, 5) is 14.4. The standard InChI is InChI=1S/C18H22FN3O3/c1-12-7-16(21-25-12)20-17(23)10-22-9-15(24-11-18(22,2)3)13-5-4-6-14(19)8-13/h4-8,15H,9-11H2,1-3H3,(H,20,21,23). The number of aryl methyl sites for hydroxylation is 1. The molecule has 1 saturated heterocycles. The third kappa shape index (κ3) is 4.24. The number of nitrogens with zero attached hydrogens (tertiary/aromatic N) is 2. The number of carbonyl (C=O) groups excluding carboxylic acids is 1. The minimum atomic E-state index is -0.305. The van der Waals surface area contributed by atoms with E-state index in [1.807, 2.05) is 24.8 Å². The van der Waals surface area contributed by atoms with E-state index in [4.69, 9.17) is 9.26 Å². The number of morpholine rings is 1. The van der Waals surface area contributed by atoms with E-state index in [1.54, 1.807) is 19.1 Å². The topological polar surface area (TPSA) is 67.6 Å². The van der Waals surface area contributed by atoms with E-state index in [0.29, 0.717) is 24.7 Å².